The predicted molar refractivity (Wildman–Crippen MR) is 112 cm³/mol. The Kier molecular flexibility index (Phi) is 6.50. The van der Waals surface area contributed by atoms with Crippen LogP contribution in [-0.2, 0) is 6.61 Å². The zero-order valence-electron chi connectivity index (χ0n) is 15.5. The van der Waals surface area contributed by atoms with Gasteiger partial charge in [0, 0.05) is 6.21 Å². The lowest BCUT2D eigenvalue weighted by Crippen LogP contribution is -1.96. The van der Waals surface area contributed by atoms with E-state index in [1.807, 2.05) is 49.4 Å². The molecule has 0 spiro atoms. The van der Waals surface area contributed by atoms with Gasteiger partial charge in [0.1, 0.15) is 18.1 Å². The van der Waals surface area contributed by atoms with Crippen LogP contribution in [0, 0.1) is 6.92 Å². The van der Waals surface area contributed by atoms with Crippen molar-refractivity contribution in [1.82, 2.24) is 0 Å². The summed E-state index contributed by atoms with van der Waals surface area (Å²) in [6.07, 6.45) is 1.78. The Morgan fingerprint density at radius 1 is 0.926 bits per heavy atom. The van der Waals surface area contributed by atoms with Crippen molar-refractivity contribution in [3.63, 3.8) is 0 Å². The molecule has 0 aliphatic rings. The molecule has 0 heterocycles. The number of ether oxygens (including phenoxy) is 2. The molecule has 0 aliphatic heterocycles. The van der Waals surface area contributed by atoms with Gasteiger partial charge < -0.3 is 9.47 Å². The summed E-state index contributed by atoms with van der Waals surface area (Å²) in [6.45, 7) is 5.16. The Morgan fingerprint density at radius 3 is 2.33 bits per heavy atom. The molecule has 0 bridgehead atoms. The van der Waals surface area contributed by atoms with Crippen LogP contribution in [0.5, 0.6) is 11.5 Å². The van der Waals surface area contributed by atoms with Crippen LogP contribution in [0.15, 0.2) is 71.7 Å². The van der Waals surface area contributed by atoms with E-state index in [9.17, 15) is 0 Å². The van der Waals surface area contributed by atoms with E-state index in [0.717, 1.165) is 22.6 Å². The molecule has 3 aromatic rings. The maximum atomic E-state index is 6.35. The van der Waals surface area contributed by atoms with Gasteiger partial charge in [-0.05, 0) is 67.4 Å². The van der Waals surface area contributed by atoms with Gasteiger partial charge >= 0.3 is 0 Å². The standard InChI is InChI=1S/C23H22ClNO2/c1-3-26-21-11-9-20(10-12-21)25-15-19-8-13-23(22(24)14-19)27-16-18-6-4-17(2)5-7-18/h4-15H,3,16H2,1-2H3. The first-order chi connectivity index (χ1) is 13.1. The number of hydrogen-bond donors (Lipinski definition) is 0. The van der Waals surface area contributed by atoms with Crippen molar-refractivity contribution in [3.8, 4) is 11.5 Å². The fourth-order valence-corrected chi connectivity index (χ4v) is 2.75. The topological polar surface area (TPSA) is 30.8 Å². The molecule has 0 N–H and O–H groups in total. The molecule has 0 aliphatic carbocycles. The van der Waals surface area contributed by atoms with Crippen molar-refractivity contribution in [2.24, 2.45) is 4.99 Å². The van der Waals surface area contributed by atoms with Crippen LogP contribution >= 0.6 is 11.6 Å². The van der Waals surface area contributed by atoms with E-state index >= 15 is 0 Å². The molecule has 0 radical (unpaired) electrons. The van der Waals surface area contributed by atoms with Gasteiger partial charge in [-0.15, -0.1) is 0 Å². The van der Waals surface area contributed by atoms with Crippen LogP contribution in [0.25, 0.3) is 0 Å². The largest absolute Gasteiger partial charge is 0.494 e. The Morgan fingerprint density at radius 2 is 1.67 bits per heavy atom. The van der Waals surface area contributed by atoms with Crippen molar-refractivity contribution in [2.45, 2.75) is 20.5 Å². The third-order valence-corrected chi connectivity index (χ3v) is 4.28. The first-order valence-electron chi connectivity index (χ1n) is 8.89. The lowest BCUT2D eigenvalue weighted by atomic mass is 10.2. The van der Waals surface area contributed by atoms with Gasteiger partial charge in [0.05, 0.1) is 17.3 Å². The molecule has 3 nitrogen and oxygen atoms in total. The van der Waals surface area contributed by atoms with Crippen molar-refractivity contribution < 1.29 is 9.47 Å². The van der Waals surface area contributed by atoms with Gasteiger partial charge in [0.2, 0.25) is 0 Å². The van der Waals surface area contributed by atoms with E-state index in [0.29, 0.717) is 24.0 Å². The number of rotatable bonds is 7. The first kappa shape index (κ1) is 19.0. The van der Waals surface area contributed by atoms with E-state index in [1.54, 1.807) is 6.21 Å². The third-order valence-electron chi connectivity index (χ3n) is 3.98. The minimum atomic E-state index is 0.486. The van der Waals surface area contributed by atoms with Crippen LogP contribution in [0.1, 0.15) is 23.6 Å². The zero-order valence-corrected chi connectivity index (χ0v) is 16.2. The molecule has 0 saturated carbocycles. The number of nitrogens with zero attached hydrogens (tertiary/aromatic N) is 1. The first-order valence-corrected chi connectivity index (χ1v) is 9.26. The van der Waals surface area contributed by atoms with Gasteiger partial charge in [-0.1, -0.05) is 41.4 Å². The summed E-state index contributed by atoms with van der Waals surface area (Å²) in [6, 6.07) is 21.6. The maximum Gasteiger partial charge on any atom is 0.138 e. The molecule has 0 fully saturated rings. The molecule has 138 valence electrons. The predicted octanol–water partition coefficient (Wildman–Crippen LogP) is 6.38. The summed E-state index contributed by atoms with van der Waals surface area (Å²) in [4.78, 5) is 4.47. The number of aliphatic imine (C=N–C) groups is 1. The summed E-state index contributed by atoms with van der Waals surface area (Å²) >= 11 is 6.35. The fraction of sp³-hybridized carbons (Fsp3) is 0.174. The summed E-state index contributed by atoms with van der Waals surface area (Å²) in [5.41, 5.74) is 4.11. The van der Waals surface area contributed by atoms with E-state index in [1.165, 1.54) is 5.56 Å². The van der Waals surface area contributed by atoms with Gasteiger partial charge in [-0.25, -0.2) is 0 Å². The van der Waals surface area contributed by atoms with Crippen molar-refractivity contribution >= 4 is 23.5 Å². The van der Waals surface area contributed by atoms with Crippen LogP contribution in [0.3, 0.4) is 0 Å². The highest BCUT2D eigenvalue weighted by Crippen LogP contribution is 2.26. The van der Waals surface area contributed by atoms with Crippen LogP contribution in [0.4, 0.5) is 5.69 Å². The van der Waals surface area contributed by atoms with E-state index in [-0.39, 0.29) is 0 Å². The lowest BCUT2D eigenvalue weighted by Gasteiger charge is -2.09. The van der Waals surface area contributed by atoms with Gasteiger partial charge in [-0.3, -0.25) is 4.99 Å². The van der Waals surface area contributed by atoms with Crippen LogP contribution in [-0.4, -0.2) is 12.8 Å². The Bertz CT molecular complexity index is 903. The highest BCUT2D eigenvalue weighted by molar-refractivity contribution is 6.32. The van der Waals surface area contributed by atoms with Crippen LogP contribution < -0.4 is 9.47 Å². The Hall–Kier alpha value is -2.78. The molecule has 0 saturated heterocycles. The second-order valence-corrected chi connectivity index (χ2v) is 6.56. The quantitative estimate of drug-likeness (QED) is 0.446. The molecule has 0 amide bonds. The monoisotopic (exact) mass is 379 g/mol. The highest BCUT2D eigenvalue weighted by atomic mass is 35.5. The van der Waals surface area contributed by atoms with E-state index in [2.05, 4.69) is 36.2 Å². The SMILES string of the molecule is CCOc1ccc(N=Cc2ccc(OCc3ccc(C)cc3)c(Cl)c2)cc1. The molecule has 0 unspecified atom stereocenters. The van der Waals surface area contributed by atoms with Crippen molar-refractivity contribution in [2.75, 3.05) is 6.61 Å². The number of aryl methyl sites for hydroxylation is 1. The van der Waals surface area contributed by atoms with Crippen molar-refractivity contribution in [1.29, 1.82) is 0 Å². The minimum absolute atomic E-state index is 0.486. The number of benzene rings is 3. The molecule has 3 aromatic carbocycles. The minimum Gasteiger partial charge on any atom is -0.494 e. The summed E-state index contributed by atoms with van der Waals surface area (Å²) < 4.78 is 11.3. The fourth-order valence-electron chi connectivity index (χ4n) is 2.50. The lowest BCUT2D eigenvalue weighted by molar-refractivity contribution is 0.306. The van der Waals surface area contributed by atoms with Gasteiger partial charge in [-0.2, -0.15) is 0 Å². The molecule has 27 heavy (non-hydrogen) atoms. The summed E-state index contributed by atoms with van der Waals surface area (Å²) in [5.74, 6) is 1.50. The third kappa shape index (κ3) is 5.60. The summed E-state index contributed by atoms with van der Waals surface area (Å²) in [7, 11) is 0. The molecule has 0 atom stereocenters. The van der Waals surface area contributed by atoms with E-state index < -0.39 is 0 Å². The second kappa shape index (κ2) is 9.24. The van der Waals surface area contributed by atoms with E-state index in [4.69, 9.17) is 21.1 Å². The van der Waals surface area contributed by atoms with Crippen LogP contribution in [0.2, 0.25) is 5.02 Å². The normalized spacial score (nSPS) is 10.9. The Labute approximate surface area is 165 Å². The molecular formula is C23H22ClNO2. The highest BCUT2D eigenvalue weighted by Gasteiger charge is 2.03. The average Bonchev–Trinajstić information content (AvgIpc) is 2.68. The van der Waals surface area contributed by atoms with Gasteiger partial charge in [0.25, 0.3) is 0 Å². The molecule has 4 heteroatoms. The second-order valence-electron chi connectivity index (χ2n) is 6.15. The number of hydrogen-bond acceptors (Lipinski definition) is 3. The molecule has 3 rings (SSSR count). The molecule has 0 aromatic heterocycles. The molecular weight excluding hydrogens is 358 g/mol. The zero-order chi connectivity index (χ0) is 19.1. The van der Waals surface area contributed by atoms with Gasteiger partial charge in [0.15, 0.2) is 0 Å². The summed E-state index contributed by atoms with van der Waals surface area (Å²) in [5, 5.41) is 0.567. The Balaban J connectivity index is 1.62. The smallest absolute Gasteiger partial charge is 0.138 e. The van der Waals surface area contributed by atoms with Crippen molar-refractivity contribution in [3.05, 3.63) is 88.4 Å². The number of halogens is 1. The average molecular weight is 380 g/mol. The maximum absolute atomic E-state index is 6.35.